The Morgan fingerprint density at radius 3 is 2.53 bits per heavy atom. The van der Waals surface area contributed by atoms with Gasteiger partial charge in [0.1, 0.15) is 5.82 Å². The summed E-state index contributed by atoms with van der Waals surface area (Å²) in [5, 5.41) is 4.87. The van der Waals surface area contributed by atoms with E-state index < -0.39 is 23.7 Å². The van der Waals surface area contributed by atoms with E-state index in [0.717, 1.165) is 17.8 Å². The molecule has 3 amide bonds. The third-order valence-corrected chi connectivity index (χ3v) is 5.23. The van der Waals surface area contributed by atoms with Gasteiger partial charge in [-0.1, -0.05) is 41.9 Å². The van der Waals surface area contributed by atoms with Crippen molar-refractivity contribution in [1.29, 1.82) is 0 Å². The minimum atomic E-state index is -4.51. The average Bonchev–Trinajstić information content (AvgIpc) is 2.97. The SMILES string of the molecule is O=C(CN1CCCN(c2ncc(C(F)(F)F)cc2Cl)CC1)NC(=O)NCc1ccccc1. The number of hydrogen-bond acceptors (Lipinski definition) is 5. The van der Waals surface area contributed by atoms with Crippen LogP contribution in [-0.4, -0.2) is 54.5 Å². The fourth-order valence-corrected chi connectivity index (χ4v) is 3.64. The molecule has 1 aromatic heterocycles. The number of nitrogens with zero attached hydrogens (tertiary/aromatic N) is 3. The van der Waals surface area contributed by atoms with Gasteiger partial charge < -0.3 is 10.2 Å². The highest BCUT2D eigenvalue weighted by Crippen LogP contribution is 2.33. The summed E-state index contributed by atoms with van der Waals surface area (Å²) in [4.78, 5) is 31.7. The number of carbonyl (C=O) groups excluding carboxylic acids is 2. The van der Waals surface area contributed by atoms with Gasteiger partial charge in [0.25, 0.3) is 0 Å². The summed E-state index contributed by atoms with van der Waals surface area (Å²) in [6.07, 6.45) is -3.08. The van der Waals surface area contributed by atoms with Gasteiger partial charge in [0.2, 0.25) is 5.91 Å². The van der Waals surface area contributed by atoms with Gasteiger partial charge in [-0.05, 0) is 18.1 Å². The molecular formula is C21H23ClF3N5O2. The Balaban J connectivity index is 1.48. The molecule has 0 atom stereocenters. The molecule has 0 aliphatic carbocycles. The number of urea groups is 1. The molecule has 1 fully saturated rings. The van der Waals surface area contributed by atoms with Crippen LogP contribution in [0.4, 0.5) is 23.8 Å². The van der Waals surface area contributed by atoms with Crippen LogP contribution in [0.5, 0.6) is 0 Å². The second-order valence-electron chi connectivity index (χ2n) is 7.36. The van der Waals surface area contributed by atoms with Crippen LogP contribution in [0.3, 0.4) is 0 Å². The number of hydrogen-bond donors (Lipinski definition) is 2. The lowest BCUT2D eigenvalue weighted by molar-refractivity contribution is -0.137. The summed E-state index contributed by atoms with van der Waals surface area (Å²) < 4.78 is 38.5. The number of rotatable bonds is 5. The number of benzene rings is 1. The van der Waals surface area contributed by atoms with Crippen LogP contribution in [0.2, 0.25) is 5.02 Å². The van der Waals surface area contributed by atoms with Gasteiger partial charge in [0.15, 0.2) is 0 Å². The zero-order valence-electron chi connectivity index (χ0n) is 17.2. The first kappa shape index (κ1) is 23.8. The van der Waals surface area contributed by atoms with Crippen molar-refractivity contribution in [3.8, 4) is 0 Å². The first-order chi connectivity index (χ1) is 15.2. The third-order valence-electron chi connectivity index (χ3n) is 4.95. The summed E-state index contributed by atoms with van der Waals surface area (Å²) in [5.41, 5.74) is 0.0168. The Morgan fingerprint density at radius 1 is 1.09 bits per heavy atom. The van der Waals surface area contributed by atoms with Crippen molar-refractivity contribution in [3.05, 3.63) is 58.7 Å². The van der Waals surface area contributed by atoms with Crippen LogP contribution in [-0.2, 0) is 17.5 Å². The molecule has 0 unspecified atom stereocenters. The van der Waals surface area contributed by atoms with Gasteiger partial charge in [0, 0.05) is 38.9 Å². The molecule has 3 rings (SSSR count). The van der Waals surface area contributed by atoms with Crippen LogP contribution in [0, 0.1) is 0 Å². The number of carbonyl (C=O) groups is 2. The van der Waals surface area contributed by atoms with Crippen LogP contribution in [0.1, 0.15) is 17.5 Å². The van der Waals surface area contributed by atoms with E-state index in [9.17, 15) is 22.8 Å². The van der Waals surface area contributed by atoms with Crippen molar-refractivity contribution >= 4 is 29.4 Å². The Bertz CT molecular complexity index is 943. The molecule has 32 heavy (non-hydrogen) atoms. The molecule has 0 spiro atoms. The number of anilines is 1. The predicted molar refractivity (Wildman–Crippen MR) is 114 cm³/mol. The normalized spacial score (nSPS) is 15.2. The summed E-state index contributed by atoms with van der Waals surface area (Å²) in [6.45, 7) is 2.37. The van der Waals surface area contributed by atoms with E-state index in [4.69, 9.17) is 11.6 Å². The Labute approximate surface area is 188 Å². The van der Waals surface area contributed by atoms with Gasteiger partial charge in [-0.25, -0.2) is 9.78 Å². The first-order valence-corrected chi connectivity index (χ1v) is 10.4. The lowest BCUT2D eigenvalue weighted by Crippen LogP contribution is -2.45. The monoisotopic (exact) mass is 469 g/mol. The van der Waals surface area contributed by atoms with Gasteiger partial charge in [-0.15, -0.1) is 0 Å². The number of amides is 3. The van der Waals surface area contributed by atoms with Crippen molar-refractivity contribution in [2.24, 2.45) is 0 Å². The molecule has 11 heteroatoms. The van der Waals surface area contributed by atoms with Gasteiger partial charge >= 0.3 is 12.2 Å². The number of nitrogens with one attached hydrogen (secondary N) is 2. The van der Waals surface area contributed by atoms with E-state index in [2.05, 4.69) is 15.6 Å². The number of alkyl halides is 3. The third kappa shape index (κ3) is 6.83. The fourth-order valence-electron chi connectivity index (χ4n) is 3.35. The maximum Gasteiger partial charge on any atom is 0.417 e. The second kappa shape index (κ2) is 10.6. The molecule has 172 valence electrons. The quantitative estimate of drug-likeness (QED) is 0.702. The van der Waals surface area contributed by atoms with Gasteiger partial charge in [0.05, 0.1) is 17.1 Å². The summed E-state index contributed by atoms with van der Waals surface area (Å²) in [7, 11) is 0. The van der Waals surface area contributed by atoms with Crippen LogP contribution >= 0.6 is 11.6 Å². The van der Waals surface area contributed by atoms with E-state index in [1.165, 1.54) is 0 Å². The van der Waals surface area contributed by atoms with Crippen LogP contribution in [0.15, 0.2) is 42.6 Å². The van der Waals surface area contributed by atoms with Gasteiger partial charge in [-0.2, -0.15) is 13.2 Å². The Kier molecular flexibility index (Phi) is 7.92. The fraction of sp³-hybridized carbons (Fsp3) is 0.381. The van der Waals surface area contributed by atoms with E-state index in [1.54, 1.807) is 4.90 Å². The van der Waals surface area contributed by atoms with Crippen LogP contribution in [0.25, 0.3) is 0 Å². The maximum atomic E-state index is 12.8. The summed E-state index contributed by atoms with van der Waals surface area (Å²) >= 11 is 6.05. The van der Waals surface area contributed by atoms with E-state index >= 15 is 0 Å². The number of pyridine rings is 1. The van der Waals surface area contributed by atoms with Crippen LogP contribution < -0.4 is 15.5 Å². The second-order valence-corrected chi connectivity index (χ2v) is 7.77. The largest absolute Gasteiger partial charge is 0.417 e. The predicted octanol–water partition coefficient (Wildman–Crippen LogP) is 3.29. The molecule has 2 N–H and O–H groups in total. The molecular weight excluding hydrogens is 447 g/mol. The molecule has 1 aliphatic rings. The maximum absolute atomic E-state index is 12.8. The van der Waals surface area contributed by atoms with Crippen molar-refractivity contribution in [2.75, 3.05) is 37.6 Å². The topological polar surface area (TPSA) is 77.6 Å². The molecule has 0 bridgehead atoms. The minimum Gasteiger partial charge on any atom is -0.354 e. The highest BCUT2D eigenvalue weighted by molar-refractivity contribution is 6.33. The Morgan fingerprint density at radius 2 is 1.84 bits per heavy atom. The number of aromatic nitrogens is 1. The molecule has 1 saturated heterocycles. The Hall–Kier alpha value is -2.85. The van der Waals surface area contributed by atoms with Crippen molar-refractivity contribution in [3.63, 3.8) is 0 Å². The zero-order chi connectivity index (χ0) is 23.1. The molecule has 1 aliphatic heterocycles. The number of imide groups is 1. The highest BCUT2D eigenvalue weighted by atomic mass is 35.5. The average molecular weight is 470 g/mol. The van der Waals surface area contributed by atoms with Crippen molar-refractivity contribution < 1.29 is 22.8 Å². The standard InChI is InChI=1S/C21H23ClF3N5O2/c22-17-11-16(21(23,24)25)13-26-19(17)30-8-4-7-29(9-10-30)14-18(31)28-20(32)27-12-15-5-2-1-3-6-15/h1-3,5-6,11,13H,4,7-10,12,14H2,(H2,27,28,31,32). The molecule has 1 aromatic carbocycles. The minimum absolute atomic E-state index is 0.0285. The van der Waals surface area contributed by atoms with E-state index in [1.807, 2.05) is 35.2 Å². The van der Waals surface area contributed by atoms with E-state index in [-0.39, 0.29) is 17.4 Å². The molecule has 2 heterocycles. The lowest BCUT2D eigenvalue weighted by atomic mass is 10.2. The lowest BCUT2D eigenvalue weighted by Gasteiger charge is -2.23. The number of halogens is 4. The highest BCUT2D eigenvalue weighted by Gasteiger charge is 2.32. The summed E-state index contributed by atoms with van der Waals surface area (Å²) in [6, 6.07) is 9.61. The first-order valence-electron chi connectivity index (χ1n) is 10.0. The smallest absolute Gasteiger partial charge is 0.354 e. The zero-order valence-corrected chi connectivity index (χ0v) is 17.9. The molecule has 7 nitrogen and oxygen atoms in total. The van der Waals surface area contributed by atoms with Crippen molar-refractivity contribution in [1.82, 2.24) is 20.5 Å². The summed E-state index contributed by atoms with van der Waals surface area (Å²) in [5.74, 6) is -0.152. The molecule has 0 saturated carbocycles. The van der Waals surface area contributed by atoms with Crippen molar-refractivity contribution in [2.45, 2.75) is 19.1 Å². The molecule has 0 radical (unpaired) electrons. The molecule has 2 aromatic rings. The van der Waals surface area contributed by atoms with E-state index in [0.29, 0.717) is 39.1 Å². The van der Waals surface area contributed by atoms with Gasteiger partial charge in [-0.3, -0.25) is 15.0 Å².